The highest BCUT2D eigenvalue weighted by molar-refractivity contribution is 6.42. The molecule has 0 aromatic heterocycles. The number of ether oxygens (including phenoxy) is 1. The molecule has 0 aliphatic carbocycles. The summed E-state index contributed by atoms with van der Waals surface area (Å²) in [6, 6.07) is 8.95. The van der Waals surface area contributed by atoms with Crippen molar-refractivity contribution in [2.24, 2.45) is 0 Å². The monoisotopic (exact) mass is 390 g/mol. The molecule has 3 nitrogen and oxygen atoms in total. The van der Waals surface area contributed by atoms with Crippen LogP contribution in [0.2, 0.25) is 10.0 Å². The standard InChI is InChI=1S/C16H10Cl4O3/c17-7-11-2-1-9(5-12(11)8-18)15(21)23-16(22)10-3-4-13(19)14(20)6-10/h1-6H,7-8H2. The Hall–Kier alpha value is -1.26. The molecular weight excluding hydrogens is 382 g/mol. The minimum atomic E-state index is -0.817. The summed E-state index contributed by atoms with van der Waals surface area (Å²) >= 11 is 23.2. The maximum atomic E-state index is 12.1. The second-order valence-electron chi connectivity index (χ2n) is 4.56. The van der Waals surface area contributed by atoms with Crippen LogP contribution in [-0.2, 0) is 16.5 Å². The molecule has 0 fully saturated rings. The smallest absolute Gasteiger partial charge is 0.346 e. The molecule has 0 aliphatic heterocycles. The molecular formula is C16H10Cl4O3. The van der Waals surface area contributed by atoms with E-state index in [1.165, 1.54) is 24.3 Å². The van der Waals surface area contributed by atoms with Crippen LogP contribution in [0.1, 0.15) is 31.8 Å². The predicted octanol–water partition coefficient (Wildman–Crippen LogP) is 5.47. The maximum absolute atomic E-state index is 12.1. The molecule has 0 amide bonds. The summed E-state index contributed by atoms with van der Waals surface area (Å²) in [6.45, 7) is 0. The van der Waals surface area contributed by atoms with Gasteiger partial charge in [-0.3, -0.25) is 0 Å². The van der Waals surface area contributed by atoms with Crippen molar-refractivity contribution in [1.29, 1.82) is 0 Å². The zero-order chi connectivity index (χ0) is 17.0. The largest absolute Gasteiger partial charge is 0.386 e. The number of carbonyl (C=O) groups excluding carboxylic acids is 2. The van der Waals surface area contributed by atoms with Gasteiger partial charge in [0.1, 0.15) is 0 Å². The minimum absolute atomic E-state index is 0.127. The van der Waals surface area contributed by atoms with E-state index in [2.05, 4.69) is 0 Å². The van der Waals surface area contributed by atoms with E-state index in [1.807, 2.05) is 0 Å². The maximum Gasteiger partial charge on any atom is 0.346 e. The Morgan fingerprint density at radius 3 is 1.91 bits per heavy atom. The molecule has 0 unspecified atom stereocenters. The van der Waals surface area contributed by atoms with Gasteiger partial charge in [-0.25, -0.2) is 9.59 Å². The molecule has 0 N–H and O–H groups in total. The van der Waals surface area contributed by atoms with Crippen molar-refractivity contribution in [2.45, 2.75) is 11.8 Å². The highest BCUT2D eigenvalue weighted by Crippen LogP contribution is 2.23. The van der Waals surface area contributed by atoms with E-state index in [4.69, 9.17) is 51.1 Å². The molecule has 0 aliphatic rings. The molecule has 120 valence electrons. The van der Waals surface area contributed by atoms with Crippen LogP contribution in [0.4, 0.5) is 0 Å². The Kier molecular flexibility index (Phi) is 6.31. The highest BCUT2D eigenvalue weighted by Gasteiger charge is 2.17. The highest BCUT2D eigenvalue weighted by atomic mass is 35.5. The van der Waals surface area contributed by atoms with Gasteiger partial charge in [-0.15, -0.1) is 23.2 Å². The summed E-state index contributed by atoms with van der Waals surface area (Å²) in [4.78, 5) is 24.0. The first-order valence-corrected chi connectivity index (χ1v) is 8.24. The van der Waals surface area contributed by atoms with Crippen molar-refractivity contribution in [2.75, 3.05) is 0 Å². The first kappa shape index (κ1) is 18.1. The third kappa shape index (κ3) is 4.39. The average Bonchev–Trinajstić information content (AvgIpc) is 2.56. The fourth-order valence-corrected chi connectivity index (χ4v) is 2.64. The van der Waals surface area contributed by atoms with Crippen molar-refractivity contribution in [3.63, 3.8) is 0 Å². The molecule has 0 atom stereocenters. The topological polar surface area (TPSA) is 43.4 Å². The first-order valence-electron chi connectivity index (χ1n) is 6.41. The predicted molar refractivity (Wildman–Crippen MR) is 91.8 cm³/mol. The molecule has 23 heavy (non-hydrogen) atoms. The number of rotatable bonds is 4. The number of halogens is 4. The van der Waals surface area contributed by atoms with E-state index < -0.39 is 11.9 Å². The van der Waals surface area contributed by atoms with E-state index in [0.29, 0.717) is 10.6 Å². The molecule has 0 saturated carbocycles. The van der Waals surface area contributed by atoms with Crippen molar-refractivity contribution in [3.8, 4) is 0 Å². The third-order valence-electron chi connectivity index (χ3n) is 3.07. The summed E-state index contributed by atoms with van der Waals surface area (Å²) in [5.74, 6) is -1.13. The van der Waals surface area contributed by atoms with Gasteiger partial charge < -0.3 is 4.74 Å². The number of benzene rings is 2. The van der Waals surface area contributed by atoms with Crippen molar-refractivity contribution in [3.05, 3.63) is 68.7 Å². The van der Waals surface area contributed by atoms with E-state index in [-0.39, 0.29) is 27.9 Å². The van der Waals surface area contributed by atoms with E-state index >= 15 is 0 Å². The van der Waals surface area contributed by atoms with Crippen LogP contribution < -0.4 is 0 Å². The van der Waals surface area contributed by atoms with Crippen LogP contribution in [0.15, 0.2) is 36.4 Å². The molecule has 2 aromatic rings. The second-order valence-corrected chi connectivity index (χ2v) is 5.91. The average molecular weight is 392 g/mol. The van der Waals surface area contributed by atoms with Gasteiger partial charge in [0.25, 0.3) is 0 Å². The summed E-state index contributed by atoms with van der Waals surface area (Å²) in [6.07, 6.45) is 0. The van der Waals surface area contributed by atoms with Crippen LogP contribution in [0.3, 0.4) is 0 Å². The van der Waals surface area contributed by atoms with E-state index in [1.54, 1.807) is 12.1 Å². The van der Waals surface area contributed by atoms with Gasteiger partial charge in [0.05, 0.1) is 21.2 Å². The molecule has 0 saturated heterocycles. The van der Waals surface area contributed by atoms with Crippen LogP contribution >= 0.6 is 46.4 Å². The summed E-state index contributed by atoms with van der Waals surface area (Å²) in [5.41, 5.74) is 1.86. The SMILES string of the molecule is O=C(OC(=O)c1ccc(CCl)c(CCl)c1)c1ccc(Cl)c(Cl)c1. The van der Waals surface area contributed by atoms with Gasteiger partial charge in [-0.05, 0) is 41.5 Å². The number of alkyl halides is 2. The molecule has 0 spiro atoms. The zero-order valence-electron chi connectivity index (χ0n) is 11.6. The van der Waals surface area contributed by atoms with Crippen LogP contribution in [-0.4, -0.2) is 11.9 Å². The third-order valence-corrected chi connectivity index (χ3v) is 4.39. The molecule has 0 bridgehead atoms. The lowest BCUT2D eigenvalue weighted by molar-refractivity contribution is 0.0397. The van der Waals surface area contributed by atoms with E-state index in [9.17, 15) is 9.59 Å². The zero-order valence-corrected chi connectivity index (χ0v) is 14.6. The van der Waals surface area contributed by atoms with Crippen molar-refractivity contribution >= 4 is 58.3 Å². The van der Waals surface area contributed by atoms with Crippen LogP contribution in [0, 0.1) is 0 Å². The molecule has 0 radical (unpaired) electrons. The van der Waals surface area contributed by atoms with Crippen LogP contribution in [0.5, 0.6) is 0 Å². The summed E-state index contributed by atoms with van der Waals surface area (Å²) in [5, 5.41) is 0.502. The molecule has 2 rings (SSSR count). The fraction of sp³-hybridized carbons (Fsp3) is 0.125. The summed E-state index contributed by atoms with van der Waals surface area (Å²) in [7, 11) is 0. The Bertz CT molecular complexity index is 759. The Morgan fingerprint density at radius 1 is 0.783 bits per heavy atom. The Labute approximate surface area is 153 Å². The lowest BCUT2D eigenvalue weighted by atomic mass is 10.1. The van der Waals surface area contributed by atoms with Gasteiger partial charge in [0, 0.05) is 11.8 Å². The van der Waals surface area contributed by atoms with Crippen LogP contribution in [0.25, 0.3) is 0 Å². The Balaban J connectivity index is 2.18. The normalized spacial score (nSPS) is 10.4. The van der Waals surface area contributed by atoms with E-state index in [0.717, 1.165) is 5.56 Å². The van der Waals surface area contributed by atoms with Gasteiger partial charge in [-0.2, -0.15) is 0 Å². The lowest BCUT2D eigenvalue weighted by Crippen LogP contribution is -2.13. The minimum Gasteiger partial charge on any atom is -0.386 e. The second kappa shape index (κ2) is 8.02. The number of hydrogen-bond acceptors (Lipinski definition) is 3. The van der Waals surface area contributed by atoms with Crippen molar-refractivity contribution < 1.29 is 14.3 Å². The molecule has 0 heterocycles. The van der Waals surface area contributed by atoms with Crippen molar-refractivity contribution in [1.82, 2.24) is 0 Å². The van der Waals surface area contributed by atoms with Gasteiger partial charge in [0.2, 0.25) is 0 Å². The van der Waals surface area contributed by atoms with Gasteiger partial charge >= 0.3 is 11.9 Å². The molecule has 2 aromatic carbocycles. The number of esters is 2. The Morgan fingerprint density at radius 2 is 1.35 bits per heavy atom. The first-order chi connectivity index (χ1) is 11.0. The van der Waals surface area contributed by atoms with Gasteiger partial charge in [-0.1, -0.05) is 29.3 Å². The lowest BCUT2D eigenvalue weighted by Gasteiger charge is -2.08. The quantitative estimate of drug-likeness (QED) is 0.394. The fourth-order valence-electron chi connectivity index (χ4n) is 1.83. The number of hydrogen-bond donors (Lipinski definition) is 0. The van der Waals surface area contributed by atoms with Gasteiger partial charge in [0.15, 0.2) is 0 Å². The molecule has 7 heteroatoms. The number of carbonyl (C=O) groups is 2. The summed E-state index contributed by atoms with van der Waals surface area (Å²) < 4.78 is 4.83.